The highest BCUT2D eigenvalue weighted by Crippen LogP contribution is 2.36. The summed E-state index contributed by atoms with van der Waals surface area (Å²) in [4.78, 5) is 15.3. The van der Waals surface area contributed by atoms with Crippen LogP contribution in [0.25, 0.3) is 21.7 Å². The van der Waals surface area contributed by atoms with Gasteiger partial charge in [-0.05, 0) is 23.8 Å². The smallest absolute Gasteiger partial charge is 0.162 e. The molecule has 0 radical (unpaired) electrons. The molecule has 0 unspecified atom stereocenters. The number of fused-ring (bicyclic) bond motifs is 3. The number of nitrogens with zero attached hydrogens (tertiary/aromatic N) is 4. The third-order valence-corrected chi connectivity index (χ3v) is 4.73. The first-order valence-electron chi connectivity index (χ1n) is 8.81. The van der Waals surface area contributed by atoms with Gasteiger partial charge in [-0.15, -0.1) is 0 Å². The molecule has 7 heteroatoms. The number of ether oxygens (including phenoxy) is 2. The second-order valence-corrected chi connectivity index (χ2v) is 6.53. The van der Waals surface area contributed by atoms with E-state index >= 15 is 0 Å². The van der Waals surface area contributed by atoms with Crippen LogP contribution in [0, 0.1) is 0 Å². The molecule has 0 bridgehead atoms. The van der Waals surface area contributed by atoms with E-state index in [2.05, 4.69) is 15.0 Å². The Morgan fingerprint density at radius 2 is 1.79 bits per heavy atom. The topological polar surface area (TPSA) is 86.4 Å². The van der Waals surface area contributed by atoms with Gasteiger partial charge in [0.25, 0.3) is 0 Å². The number of anilines is 2. The van der Waals surface area contributed by atoms with Gasteiger partial charge in [-0.3, -0.25) is 9.97 Å². The Labute approximate surface area is 162 Å². The van der Waals surface area contributed by atoms with Crippen molar-refractivity contribution in [3.8, 4) is 11.5 Å². The summed E-state index contributed by atoms with van der Waals surface area (Å²) in [6, 6.07) is 9.77. The maximum Gasteiger partial charge on any atom is 0.162 e. The fourth-order valence-electron chi connectivity index (χ4n) is 3.29. The van der Waals surface area contributed by atoms with Gasteiger partial charge in [0.05, 0.1) is 19.7 Å². The lowest BCUT2D eigenvalue weighted by Crippen LogP contribution is -2.18. The van der Waals surface area contributed by atoms with Crippen molar-refractivity contribution in [3.63, 3.8) is 0 Å². The fourth-order valence-corrected chi connectivity index (χ4v) is 3.29. The normalized spacial score (nSPS) is 11.0. The number of aromatic nitrogens is 3. The predicted octanol–water partition coefficient (Wildman–Crippen LogP) is 3.41. The molecule has 0 atom stereocenters. The van der Waals surface area contributed by atoms with Crippen molar-refractivity contribution >= 4 is 33.3 Å². The lowest BCUT2D eigenvalue weighted by Gasteiger charge is -2.20. The van der Waals surface area contributed by atoms with Crippen LogP contribution in [0.2, 0.25) is 0 Å². The summed E-state index contributed by atoms with van der Waals surface area (Å²) in [5.74, 6) is 2.49. The van der Waals surface area contributed by atoms with E-state index in [1.54, 1.807) is 26.6 Å². The first-order valence-corrected chi connectivity index (χ1v) is 8.81. The van der Waals surface area contributed by atoms with Crippen LogP contribution in [0.1, 0.15) is 5.56 Å². The van der Waals surface area contributed by atoms with Crippen LogP contribution in [-0.4, -0.2) is 36.2 Å². The van der Waals surface area contributed by atoms with E-state index in [1.807, 2.05) is 48.5 Å². The predicted molar refractivity (Wildman–Crippen MR) is 111 cm³/mol. The minimum absolute atomic E-state index is 0.440. The van der Waals surface area contributed by atoms with E-state index < -0.39 is 0 Å². The second-order valence-electron chi connectivity index (χ2n) is 6.53. The van der Waals surface area contributed by atoms with E-state index in [0.717, 1.165) is 33.1 Å². The highest BCUT2D eigenvalue weighted by Gasteiger charge is 2.14. The number of methoxy groups -OCH3 is 2. The van der Waals surface area contributed by atoms with Gasteiger partial charge in [0.15, 0.2) is 11.5 Å². The van der Waals surface area contributed by atoms with Gasteiger partial charge in [-0.25, -0.2) is 4.98 Å². The molecule has 2 N–H and O–H groups in total. The molecule has 3 aromatic heterocycles. The van der Waals surface area contributed by atoms with Gasteiger partial charge in [-0.1, -0.05) is 6.07 Å². The molecule has 0 fully saturated rings. The van der Waals surface area contributed by atoms with E-state index in [-0.39, 0.29) is 0 Å². The zero-order valence-corrected chi connectivity index (χ0v) is 16.0. The molecule has 0 saturated carbocycles. The summed E-state index contributed by atoms with van der Waals surface area (Å²) in [5.41, 5.74) is 8.16. The molecule has 0 amide bonds. The standard InChI is InChI=1S/C21H21N5O2/c1-26(12-13-5-4-6-23-10-13)20-8-14-15-7-18(27-2)19(28-3)9-17(15)24-11-16(14)21(22)25-20/h4-11H,12H2,1-3H3,(H2,22,25). The maximum absolute atomic E-state index is 6.26. The van der Waals surface area contributed by atoms with Crippen molar-refractivity contribution in [2.24, 2.45) is 0 Å². The SMILES string of the molecule is COc1cc2ncc3c(N)nc(N(C)Cc4cccnc4)cc3c2cc1OC. The molecular formula is C21H21N5O2. The van der Waals surface area contributed by atoms with Crippen LogP contribution in [0.5, 0.6) is 11.5 Å². The number of benzene rings is 1. The zero-order valence-electron chi connectivity index (χ0n) is 16.0. The Morgan fingerprint density at radius 3 is 2.50 bits per heavy atom. The number of pyridine rings is 3. The van der Waals surface area contributed by atoms with E-state index in [9.17, 15) is 0 Å². The number of nitrogen functional groups attached to an aromatic ring is 1. The highest BCUT2D eigenvalue weighted by atomic mass is 16.5. The minimum Gasteiger partial charge on any atom is -0.493 e. The van der Waals surface area contributed by atoms with Crippen LogP contribution >= 0.6 is 0 Å². The van der Waals surface area contributed by atoms with E-state index in [4.69, 9.17) is 15.2 Å². The second kappa shape index (κ2) is 7.19. The highest BCUT2D eigenvalue weighted by molar-refractivity contribution is 6.10. The molecular weight excluding hydrogens is 354 g/mol. The lowest BCUT2D eigenvalue weighted by atomic mass is 10.1. The van der Waals surface area contributed by atoms with Crippen LogP contribution in [0.3, 0.4) is 0 Å². The van der Waals surface area contributed by atoms with Crippen LogP contribution in [0.15, 0.2) is 48.9 Å². The molecule has 3 heterocycles. The summed E-state index contributed by atoms with van der Waals surface area (Å²) in [5, 5.41) is 2.70. The van der Waals surface area contributed by atoms with Crippen molar-refractivity contribution < 1.29 is 9.47 Å². The van der Waals surface area contributed by atoms with Gasteiger partial charge in [0, 0.05) is 54.4 Å². The average molecular weight is 375 g/mol. The van der Waals surface area contributed by atoms with Crippen molar-refractivity contribution in [2.45, 2.75) is 6.54 Å². The molecule has 4 aromatic rings. The molecule has 7 nitrogen and oxygen atoms in total. The third-order valence-electron chi connectivity index (χ3n) is 4.73. The quantitative estimate of drug-likeness (QED) is 0.535. The number of rotatable bonds is 5. The summed E-state index contributed by atoms with van der Waals surface area (Å²) < 4.78 is 10.9. The zero-order chi connectivity index (χ0) is 19.7. The molecule has 4 rings (SSSR count). The average Bonchev–Trinajstić information content (AvgIpc) is 2.73. The van der Waals surface area contributed by atoms with Crippen LogP contribution < -0.4 is 20.1 Å². The maximum atomic E-state index is 6.26. The lowest BCUT2D eigenvalue weighted by molar-refractivity contribution is 0.356. The Kier molecular flexibility index (Phi) is 4.57. The first-order chi connectivity index (χ1) is 13.6. The molecule has 0 aliphatic rings. The van der Waals surface area contributed by atoms with Gasteiger partial charge in [-0.2, -0.15) is 0 Å². The Hall–Kier alpha value is -3.61. The van der Waals surface area contributed by atoms with Gasteiger partial charge in [0.1, 0.15) is 11.6 Å². The van der Waals surface area contributed by atoms with E-state index in [0.29, 0.717) is 23.9 Å². The van der Waals surface area contributed by atoms with Crippen molar-refractivity contribution in [1.82, 2.24) is 15.0 Å². The molecule has 28 heavy (non-hydrogen) atoms. The Balaban J connectivity index is 1.86. The van der Waals surface area contributed by atoms with Gasteiger partial charge >= 0.3 is 0 Å². The molecule has 0 aliphatic carbocycles. The van der Waals surface area contributed by atoms with Crippen LogP contribution in [0.4, 0.5) is 11.6 Å². The van der Waals surface area contributed by atoms with Gasteiger partial charge in [0.2, 0.25) is 0 Å². The number of nitrogens with two attached hydrogens (primary N) is 1. The van der Waals surface area contributed by atoms with E-state index in [1.165, 1.54) is 0 Å². The monoisotopic (exact) mass is 375 g/mol. The summed E-state index contributed by atoms with van der Waals surface area (Å²) >= 11 is 0. The summed E-state index contributed by atoms with van der Waals surface area (Å²) in [6.07, 6.45) is 5.35. The summed E-state index contributed by atoms with van der Waals surface area (Å²) in [7, 11) is 5.21. The Morgan fingerprint density at radius 1 is 1.00 bits per heavy atom. The van der Waals surface area contributed by atoms with Crippen molar-refractivity contribution in [2.75, 3.05) is 31.9 Å². The van der Waals surface area contributed by atoms with Crippen LogP contribution in [-0.2, 0) is 6.54 Å². The fraction of sp³-hybridized carbons (Fsp3) is 0.190. The molecule has 1 aromatic carbocycles. The molecule has 0 saturated heterocycles. The molecule has 0 aliphatic heterocycles. The largest absolute Gasteiger partial charge is 0.493 e. The summed E-state index contributed by atoms with van der Waals surface area (Å²) in [6.45, 7) is 0.673. The molecule has 142 valence electrons. The number of hydrogen-bond donors (Lipinski definition) is 1. The minimum atomic E-state index is 0.440. The first kappa shape index (κ1) is 17.8. The van der Waals surface area contributed by atoms with Crippen molar-refractivity contribution in [3.05, 3.63) is 54.5 Å². The molecule has 0 spiro atoms. The third kappa shape index (κ3) is 3.11. The van der Waals surface area contributed by atoms with Gasteiger partial charge < -0.3 is 20.1 Å². The Bertz CT molecular complexity index is 1150. The number of hydrogen-bond acceptors (Lipinski definition) is 7. The van der Waals surface area contributed by atoms with Crippen molar-refractivity contribution in [1.29, 1.82) is 0 Å².